The lowest BCUT2D eigenvalue weighted by atomic mass is 10.2. The highest BCUT2D eigenvalue weighted by Gasteiger charge is 2.20. The summed E-state index contributed by atoms with van der Waals surface area (Å²) in [6.07, 6.45) is 0. The number of hydrogen-bond donors (Lipinski definition) is 1. The molecule has 0 radical (unpaired) electrons. The number of aromatic carboxylic acids is 1. The summed E-state index contributed by atoms with van der Waals surface area (Å²) in [6.45, 7) is 6.68. The summed E-state index contributed by atoms with van der Waals surface area (Å²) in [5, 5.41) is 9.08. The van der Waals surface area contributed by atoms with Crippen LogP contribution < -0.4 is 4.74 Å². The lowest BCUT2D eigenvalue weighted by Crippen LogP contribution is -2.50. The number of hydrogen-bond acceptors (Lipinski definition) is 4. The van der Waals surface area contributed by atoms with Crippen molar-refractivity contribution in [1.82, 2.24) is 9.80 Å². The molecule has 1 heterocycles. The summed E-state index contributed by atoms with van der Waals surface area (Å²) < 4.78 is 5.63. The van der Waals surface area contributed by atoms with Crippen LogP contribution in [0.4, 0.5) is 0 Å². The molecule has 0 amide bonds. The fourth-order valence-electron chi connectivity index (χ4n) is 2.38. The van der Waals surface area contributed by atoms with Crippen molar-refractivity contribution in [1.29, 1.82) is 0 Å². The standard InChI is InChI=1S/C15H22N2O3/c1-12-11-17(8-7-16(12)2)9-10-20-14-6-4-3-5-13(14)15(18)19/h3-6,12H,7-11H2,1-2H3,(H,18,19). The Morgan fingerprint density at radius 1 is 1.40 bits per heavy atom. The maximum absolute atomic E-state index is 11.1. The van der Waals surface area contributed by atoms with Gasteiger partial charge in [-0.05, 0) is 26.1 Å². The first-order valence-corrected chi connectivity index (χ1v) is 6.95. The van der Waals surface area contributed by atoms with Crippen LogP contribution in [0.5, 0.6) is 5.75 Å². The topological polar surface area (TPSA) is 53.0 Å². The van der Waals surface area contributed by atoms with E-state index in [0.717, 1.165) is 26.2 Å². The van der Waals surface area contributed by atoms with E-state index in [-0.39, 0.29) is 5.56 Å². The van der Waals surface area contributed by atoms with Crippen LogP contribution in [0.2, 0.25) is 0 Å². The van der Waals surface area contributed by atoms with E-state index >= 15 is 0 Å². The molecule has 1 saturated heterocycles. The number of benzene rings is 1. The third-order valence-corrected chi connectivity index (χ3v) is 3.83. The van der Waals surface area contributed by atoms with Gasteiger partial charge in [0.25, 0.3) is 0 Å². The second kappa shape index (κ2) is 6.72. The van der Waals surface area contributed by atoms with Gasteiger partial charge in [-0.3, -0.25) is 4.90 Å². The van der Waals surface area contributed by atoms with Crippen LogP contribution in [0.25, 0.3) is 0 Å². The number of piperazine rings is 1. The van der Waals surface area contributed by atoms with Crippen LogP contribution in [-0.4, -0.2) is 66.8 Å². The molecule has 1 aromatic rings. The summed E-state index contributed by atoms with van der Waals surface area (Å²) in [6, 6.07) is 7.32. The molecule has 2 rings (SSSR count). The van der Waals surface area contributed by atoms with Gasteiger partial charge in [-0.1, -0.05) is 12.1 Å². The van der Waals surface area contributed by atoms with Crippen LogP contribution >= 0.6 is 0 Å². The molecule has 0 bridgehead atoms. The Morgan fingerprint density at radius 2 is 2.15 bits per heavy atom. The largest absolute Gasteiger partial charge is 0.491 e. The number of nitrogens with zero attached hydrogens (tertiary/aromatic N) is 2. The fraction of sp³-hybridized carbons (Fsp3) is 0.533. The molecule has 5 nitrogen and oxygen atoms in total. The Morgan fingerprint density at radius 3 is 2.85 bits per heavy atom. The number of likely N-dealkylation sites (N-methyl/N-ethyl adjacent to an activating group) is 1. The minimum absolute atomic E-state index is 0.222. The first-order valence-electron chi connectivity index (χ1n) is 6.95. The highest BCUT2D eigenvalue weighted by molar-refractivity contribution is 5.90. The van der Waals surface area contributed by atoms with Crippen molar-refractivity contribution in [3.05, 3.63) is 29.8 Å². The van der Waals surface area contributed by atoms with E-state index in [0.29, 0.717) is 18.4 Å². The van der Waals surface area contributed by atoms with Gasteiger partial charge in [0.1, 0.15) is 17.9 Å². The Labute approximate surface area is 119 Å². The summed E-state index contributed by atoms with van der Waals surface area (Å²) in [4.78, 5) is 15.8. The first kappa shape index (κ1) is 14.8. The van der Waals surface area contributed by atoms with Crippen molar-refractivity contribution in [3.63, 3.8) is 0 Å². The van der Waals surface area contributed by atoms with E-state index in [9.17, 15) is 4.79 Å². The molecular formula is C15H22N2O3. The summed E-state index contributed by atoms with van der Waals surface area (Å²) in [5.74, 6) is -0.504. The number of para-hydroxylation sites is 1. The Hall–Kier alpha value is -1.59. The SMILES string of the molecule is CC1CN(CCOc2ccccc2C(=O)O)CCN1C. The fourth-order valence-corrected chi connectivity index (χ4v) is 2.38. The molecule has 1 aliphatic rings. The predicted molar refractivity (Wildman–Crippen MR) is 77.4 cm³/mol. The van der Waals surface area contributed by atoms with Gasteiger partial charge in [-0.2, -0.15) is 0 Å². The van der Waals surface area contributed by atoms with E-state index in [1.54, 1.807) is 24.3 Å². The third-order valence-electron chi connectivity index (χ3n) is 3.83. The van der Waals surface area contributed by atoms with Gasteiger partial charge in [-0.15, -0.1) is 0 Å². The average molecular weight is 278 g/mol. The molecule has 1 aliphatic heterocycles. The van der Waals surface area contributed by atoms with Crippen molar-refractivity contribution in [2.75, 3.05) is 39.8 Å². The third kappa shape index (κ3) is 3.71. The Bertz CT molecular complexity index is 464. The molecule has 1 atom stereocenters. The number of ether oxygens (including phenoxy) is 1. The molecule has 0 spiro atoms. The normalized spacial score (nSPS) is 20.8. The van der Waals surface area contributed by atoms with E-state index in [1.165, 1.54) is 0 Å². The predicted octanol–water partition coefficient (Wildman–Crippen LogP) is 1.40. The molecule has 20 heavy (non-hydrogen) atoms. The molecule has 0 aliphatic carbocycles. The molecule has 1 aromatic carbocycles. The Balaban J connectivity index is 1.83. The van der Waals surface area contributed by atoms with E-state index in [2.05, 4.69) is 23.8 Å². The molecule has 1 unspecified atom stereocenters. The average Bonchev–Trinajstić information content (AvgIpc) is 2.43. The number of rotatable bonds is 5. The van der Waals surface area contributed by atoms with Crippen molar-refractivity contribution in [2.45, 2.75) is 13.0 Å². The van der Waals surface area contributed by atoms with Crippen molar-refractivity contribution < 1.29 is 14.6 Å². The number of carboxylic acid groups (broad SMARTS) is 1. The molecule has 0 saturated carbocycles. The molecule has 0 aromatic heterocycles. The minimum Gasteiger partial charge on any atom is -0.491 e. The zero-order valence-electron chi connectivity index (χ0n) is 12.1. The maximum atomic E-state index is 11.1. The van der Waals surface area contributed by atoms with Gasteiger partial charge in [0.15, 0.2) is 0 Å². The van der Waals surface area contributed by atoms with Crippen molar-refractivity contribution in [2.24, 2.45) is 0 Å². The number of carboxylic acids is 1. The van der Waals surface area contributed by atoms with E-state index < -0.39 is 5.97 Å². The molecule has 110 valence electrons. The van der Waals surface area contributed by atoms with Gasteiger partial charge in [0.2, 0.25) is 0 Å². The summed E-state index contributed by atoms with van der Waals surface area (Å²) in [5.41, 5.74) is 0.222. The van der Waals surface area contributed by atoms with Crippen molar-refractivity contribution in [3.8, 4) is 5.75 Å². The summed E-state index contributed by atoms with van der Waals surface area (Å²) in [7, 11) is 2.14. The first-order chi connectivity index (χ1) is 9.58. The van der Waals surface area contributed by atoms with Crippen LogP contribution in [0.15, 0.2) is 24.3 Å². The monoisotopic (exact) mass is 278 g/mol. The van der Waals surface area contributed by atoms with E-state index in [1.807, 2.05) is 0 Å². The number of carbonyl (C=O) groups is 1. The van der Waals surface area contributed by atoms with Gasteiger partial charge in [0, 0.05) is 32.2 Å². The highest BCUT2D eigenvalue weighted by Crippen LogP contribution is 2.17. The van der Waals surface area contributed by atoms with Crippen LogP contribution in [0.3, 0.4) is 0 Å². The van der Waals surface area contributed by atoms with Gasteiger partial charge in [0.05, 0.1) is 0 Å². The van der Waals surface area contributed by atoms with Crippen LogP contribution in [0.1, 0.15) is 17.3 Å². The molecule has 1 fully saturated rings. The molecule has 5 heteroatoms. The molecule has 1 N–H and O–H groups in total. The maximum Gasteiger partial charge on any atom is 0.339 e. The zero-order chi connectivity index (χ0) is 14.5. The van der Waals surface area contributed by atoms with Crippen molar-refractivity contribution >= 4 is 5.97 Å². The lowest BCUT2D eigenvalue weighted by Gasteiger charge is -2.37. The second-order valence-corrected chi connectivity index (χ2v) is 5.28. The highest BCUT2D eigenvalue weighted by atomic mass is 16.5. The van der Waals surface area contributed by atoms with Gasteiger partial charge < -0.3 is 14.7 Å². The van der Waals surface area contributed by atoms with Crippen LogP contribution in [0, 0.1) is 0 Å². The van der Waals surface area contributed by atoms with E-state index in [4.69, 9.17) is 9.84 Å². The smallest absolute Gasteiger partial charge is 0.339 e. The quantitative estimate of drug-likeness (QED) is 0.882. The second-order valence-electron chi connectivity index (χ2n) is 5.28. The zero-order valence-corrected chi connectivity index (χ0v) is 12.1. The Kier molecular flexibility index (Phi) is 4.98. The molecular weight excluding hydrogens is 256 g/mol. The minimum atomic E-state index is -0.950. The van der Waals surface area contributed by atoms with Gasteiger partial charge in [-0.25, -0.2) is 4.79 Å². The summed E-state index contributed by atoms with van der Waals surface area (Å²) >= 11 is 0. The lowest BCUT2D eigenvalue weighted by molar-refractivity contribution is 0.0689. The van der Waals surface area contributed by atoms with Crippen LogP contribution in [-0.2, 0) is 0 Å². The van der Waals surface area contributed by atoms with Gasteiger partial charge >= 0.3 is 5.97 Å².